The molecule has 5 nitrogen and oxygen atoms in total. The van der Waals surface area contributed by atoms with E-state index in [1.807, 2.05) is 78.9 Å². The number of para-hydroxylation sites is 2. The van der Waals surface area contributed by atoms with E-state index in [0.29, 0.717) is 34.4 Å². The van der Waals surface area contributed by atoms with Crippen molar-refractivity contribution in [3.8, 4) is 22.5 Å². The highest BCUT2D eigenvalue weighted by atomic mass is 31.2. The molecule has 2 aliphatic heterocycles. The zero-order valence-corrected chi connectivity index (χ0v) is 40.2. The van der Waals surface area contributed by atoms with Gasteiger partial charge >= 0.3 is 0 Å². The van der Waals surface area contributed by atoms with Gasteiger partial charge in [-0.15, -0.1) is 0 Å². The number of aromatic nitrogens is 2. The average molecular weight is 901 g/mol. The van der Waals surface area contributed by atoms with E-state index in [1.165, 1.54) is 5.56 Å². The van der Waals surface area contributed by atoms with Crippen LogP contribution in [0.5, 0.6) is 0 Å². The fourth-order valence-electron chi connectivity index (χ4n) is 11.7. The maximum absolute atomic E-state index is 16.8. The van der Waals surface area contributed by atoms with Crippen molar-refractivity contribution >= 4 is 41.5 Å². The first-order valence-electron chi connectivity index (χ1n) is 23.4. The van der Waals surface area contributed by atoms with Crippen molar-refractivity contribution in [3.63, 3.8) is 0 Å². The van der Waals surface area contributed by atoms with Crippen LogP contribution in [0.1, 0.15) is 109 Å². The van der Waals surface area contributed by atoms with Crippen LogP contribution in [0.4, 0.5) is 0 Å². The Morgan fingerprint density at radius 3 is 1.64 bits per heavy atom. The van der Waals surface area contributed by atoms with Crippen LogP contribution in [0.25, 0.3) is 22.5 Å². The van der Waals surface area contributed by atoms with Gasteiger partial charge in [0.25, 0.3) is 10.9 Å². The molecule has 6 aromatic carbocycles. The maximum atomic E-state index is 16.8. The SMILES string of the molecule is CCP1(=O)c2ccccc2C2(c3ccccc3-c3cc(CC(C)P4(=O)c5ccccc5C(=O)c5ccc(C(C)C)[n+](-c6ccccc6)c54)ccc32)c2ccc(C(C)C)[n+](-c3ccccc3)c21. The summed E-state index contributed by atoms with van der Waals surface area (Å²) in [6.45, 7) is 12.9. The molecule has 1 aliphatic carbocycles. The Labute approximate surface area is 388 Å². The van der Waals surface area contributed by atoms with Crippen LogP contribution in [0.15, 0.2) is 176 Å². The zero-order valence-electron chi connectivity index (χ0n) is 38.4. The number of rotatable bonds is 8. The van der Waals surface area contributed by atoms with Gasteiger partial charge < -0.3 is 9.13 Å². The van der Waals surface area contributed by atoms with Crippen LogP contribution >= 0.6 is 14.3 Å². The predicted octanol–water partition coefficient (Wildman–Crippen LogP) is 11.0. The molecule has 7 heteroatoms. The Morgan fingerprint density at radius 1 is 0.485 bits per heavy atom. The number of carbonyl (C=O) groups is 1. The molecule has 4 unspecified atom stereocenters. The van der Waals surface area contributed by atoms with Gasteiger partial charge in [0.05, 0.1) is 11.0 Å². The largest absolute Gasteiger partial charge is 0.307 e. The molecule has 66 heavy (non-hydrogen) atoms. The molecular weight excluding hydrogens is 847 g/mol. The summed E-state index contributed by atoms with van der Waals surface area (Å²) in [5.74, 6) is 0.193. The molecule has 326 valence electrons. The molecule has 4 heterocycles. The van der Waals surface area contributed by atoms with Crippen molar-refractivity contribution < 1.29 is 23.1 Å². The van der Waals surface area contributed by atoms with Gasteiger partial charge in [0.1, 0.15) is 0 Å². The third-order valence-corrected chi connectivity index (χ3v) is 21.5. The van der Waals surface area contributed by atoms with Gasteiger partial charge in [-0.05, 0) is 51.9 Å². The summed E-state index contributed by atoms with van der Waals surface area (Å²) in [5, 5.41) is 1.55. The van der Waals surface area contributed by atoms with E-state index in [4.69, 9.17) is 0 Å². The van der Waals surface area contributed by atoms with E-state index in [0.717, 1.165) is 66.9 Å². The lowest BCUT2D eigenvalue weighted by Gasteiger charge is -2.41. The smallest absolute Gasteiger partial charge is 0.261 e. The number of hydrogen-bond donors (Lipinski definition) is 0. The van der Waals surface area contributed by atoms with Gasteiger partial charge in [-0.3, -0.25) is 4.79 Å². The Kier molecular flexibility index (Phi) is 10.1. The molecule has 8 aromatic rings. The number of nitrogens with zero attached hydrogens (tertiary/aromatic N) is 2. The van der Waals surface area contributed by atoms with Crippen LogP contribution in [0.2, 0.25) is 0 Å². The second-order valence-electron chi connectivity index (χ2n) is 18.9. The Bertz CT molecular complexity index is 3400. The average Bonchev–Trinajstić information content (AvgIpc) is 3.64. The zero-order chi connectivity index (χ0) is 45.7. The lowest BCUT2D eigenvalue weighted by Crippen LogP contribution is -2.59. The first-order chi connectivity index (χ1) is 32.0. The van der Waals surface area contributed by atoms with E-state index < -0.39 is 19.7 Å². The second-order valence-corrected chi connectivity index (χ2v) is 25.1. The summed E-state index contributed by atoms with van der Waals surface area (Å²) in [6.07, 6.45) is 1.01. The minimum atomic E-state index is -3.52. The van der Waals surface area contributed by atoms with E-state index in [2.05, 4.69) is 148 Å². The molecule has 1 spiro atoms. The molecule has 11 rings (SSSR count). The number of benzene rings is 6. The third kappa shape index (κ3) is 5.82. The Morgan fingerprint density at radius 2 is 1.00 bits per heavy atom. The van der Waals surface area contributed by atoms with Crippen LogP contribution in [-0.2, 0) is 21.0 Å². The minimum absolute atomic E-state index is 0.0894. The van der Waals surface area contributed by atoms with Gasteiger partial charge in [0.15, 0.2) is 11.4 Å². The maximum Gasteiger partial charge on any atom is 0.261 e. The first-order valence-corrected chi connectivity index (χ1v) is 27.1. The molecule has 3 aliphatic rings. The van der Waals surface area contributed by atoms with Gasteiger partial charge in [-0.25, -0.2) is 0 Å². The van der Waals surface area contributed by atoms with Crippen molar-refractivity contribution in [2.24, 2.45) is 0 Å². The standard InChI is InChI=1S/C59H54N2O3P2/c1-7-65(63)55-29-19-17-27-50(55)59(51-33-35-53(39(4)5)61(58(51)65)43-22-12-9-13-23-43)48-26-16-14-24-44(48)47-37-41(30-32-49(47)59)36-40(6)66(64)54-28-18-15-25-45(54)56(62)46-31-34-52(38(2)3)60(57(46)66)42-20-10-8-11-21-42/h8-35,37-40H,7,36H2,1-6H3/q+2. The Hall–Kier alpha value is -6.25. The van der Waals surface area contributed by atoms with E-state index in [9.17, 15) is 4.79 Å². The first kappa shape index (κ1) is 42.4. The summed E-state index contributed by atoms with van der Waals surface area (Å²) >= 11 is 0. The topological polar surface area (TPSA) is 59.0 Å². The van der Waals surface area contributed by atoms with E-state index in [-0.39, 0.29) is 23.3 Å². The fourth-order valence-corrected chi connectivity index (χ4v) is 18.2. The van der Waals surface area contributed by atoms with Gasteiger partial charge in [0.2, 0.25) is 31.4 Å². The summed E-state index contributed by atoms with van der Waals surface area (Å²) in [6, 6.07) is 60.7. The monoisotopic (exact) mass is 900 g/mol. The summed E-state index contributed by atoms with van der Waals surface area (Å²) in [7, 11) is -6.71. The van der Waals surface area contributed by atoms with Crippen LogP contribution < -0.4 is 30.6 Å². The summed E-state index contributed by atoms with van der Waals surface area (Å²) in [5.41, 5.74) is 13.3. The molecule has 0 radical (unpaired) electrons. The highest BCUT2D eigenvalue weighted by molar-refractivity contribution is 7.79. The normalized spacial score (nSPS) is 20.3. The Balaban J connectivity index is 1.14. The molecule has 2 aromatic heterocycles. The van der Waals surface area contributed by atoms with Crippen LogP contribution in [0, 0.1) is 0 Å². The number of pyridine rings is 2. The van der Waals surface area contributed by atoms with Crippen molar-refractivity contribution in [2.75, 3.05) is 6.16 Å². The van der Waals surface area contributed by atoms with Crippen molar-refractivity contribution in [3.05, 3.63) is 226 Å². The minimum Gasteiger partial charge on any atom is -0.307 e. The van der Waals surface area contributed by atoms with Crippen molar-refractivity contribution in [2.45, 2.75) is 70.9 Å². The van der Waals surface area contributed by atoms with E-state index in [1.54, 1.807) is 0 Å². The molecule has 0 bridgehead atoms. The quantitative estimate of drug-likeness (QED) is 0.113. The van der Waals surface area contributed by atoms with Crippen molar-refractivity contribution in [1.82, 2.24) is 0 Å². The lowest BCUT2D eigenvalue weighted by molar-refractivity contribution is -0.587. The summed E-state index contributed by atoms with van der Waals surface area (Å²) < 4.78 is 37.5. The van der Waals surface area contributed by atoms with Gasteiger partial charge in [-0.2, -0.15) is 9.13 Å². The number of carbonyl (C=O) groups excluding carboxylic acids is 1. The highest BCUT2D eigenvalue weighted by Crippen LogP contribution is 2.62. The molecule has 0 fully saturated rings. The highest BCUT2D eigenvalue weighted by Gasteiger charge is 2.59. The fraction of sp³-hybridized carbons (Fsp3) is 0.203. The third-order valence-electron chi connectivity index (χ3n) is 14.7. The van der Waals surface area contributed by atoms with Crippen LogP contribution in [-0.4, -0.2) is 17.6 Å². The predicted molar refractivity (Wildman–Crippen MR) is 269 cm³/mol. The molecule has 0 saturated heterocycles. The van der Waals surface area contributed by atoms with Gasteiger partial charge in [0, 0.05) is 81.8 Å². The molecule has 0 amide bonds. The molecule has 4 atom stereocenters. The number of fused-ring (bicyclic) bond motifs is 11. The van der Waals surface area contributed by atoms with Crippen molar-refractivity contribution in [1.29, 1.82) is 0 Å². The second kappa shape index (κ2) is 15.7. The van der Waals surface area contributed by atoms with Crippen LogP contribution in [0.3, 0.4) is 0 Å². The van der Waals surface area contributed by atoms with Gasteiger partial charge in [-0.1, -0.05) is 169 Å². The molecule has 0 saturated carbocycles. The van der Waals surface area contributed by atoms with E-state index >= 15 is 9.13 Å². The number of hydrogen-bond acceptors (Lipinski definition) is 3. The molecular formula is C59H54N2O3P2+2. The number of ketones is 1. The summed E-state index contributed by atoms with van der Waals surface area (Å²) in [4.78, 5) is 14.5. The molecule has 0 N–H and O–H groups in total. The lowest BCUT2D eigenvalue weighted by atomic mass is 9.67.